The van der Waals surface area contributed by atoms with Crippen molar-refractivity contribution in [2.75, 3.05) is 11.5 Å². The Bertz CT molecular complexity index is 1240. The molecule has 1 aromatic heterocycles. The number of carbonyl (C=O) groups excluding carboxylic acids is 2. The molecule has 4 rings (SSSR count). The van der Waals surface area contributed by atoms with Crippen molar-refractivity contribution in [1.29, 1.82) is 0 Å². The molecule has 3 heterocycles. The third kappa shape index (κ3) is 5.43. The maximum atomic E-state index is 13.1. The van der Waals surface area contributed by atoms with E-state index in [4.69, 9.17) is 21.9 Å². The number of anilines is 1. The lowest BCUT2D eigenvalue weighted by Gasteiger charge is -2.32. The van der Waals surface area contributed by atoms with Crippen LogP contribution in [0.25, 0.3) is 6.08 Å². The number of fused-ring (bicyclic) bond motifs is 1. The number of nitrogens with one attached hydrogen (secondary N) is 1. The molecule has 35 heavy (non-hydrogen) atoms. The van der Waals surface area contributed by atoms with Crippen LogP contribution in [0.4, 0.5) is 5.69 Å². The van der Waals surface area contributed by atoms with Crippen LogP contribution in [-0.2, 0) is 27.0 Å². The molecule has 2 aromatic rings. The number of hydrogen-bond acceptors (Lipinski definition) is 6. The Kier molecular flexibility index (Phi) is 6.57. The predicted octanol–water partition coefficient (Wildman–Crippen LogP) is 5.40. The molecule has 184 valence electrons. The van der Waals surface area contributed by atoms with Gasteiger partial charge in [-0.2, -0.15) is 0 Å². The van der Waals surface area contributed by atoms with Gasteiger partial charge in [0.05, 0.1) is 17.1 Å². The molecule has 1 saturated heterocycles. The molecule has 0 saturated carbocycles. The summed E-state index contributed by atoms with van der Waals surface area (Å²) in [6.07, 6.45) is 1.80. The summed E-state index contributed by atoms with van der Waals surface area (Å²) in [5, 5.41) is 2.64. The molecule has 0 spiro atoms. The highest BCUT2D eigenvalue weighted by Crippen LogP contribution is 2.39. The molecule has 0 bridgehead atoms. The largest absolute Gasteiger partial charge is 0.481 e. The van der Waals surface area contributed by atoms with Gasteiger partial charge in [-0.3, -0.25) is 14.6 Å². The SMILES string of the molecule is Cc1cc(/C=C2/SC(=S)NC2=O)cc2c1OCC(=O)N2Cc1cc(C(C)(C)C)nc(C(C)(C)C)c1. The molecule has 1 N–H and O–H groups in total. The van der Waals surface area contributed by atoms with Gasteiger partial charge >= 0.3 is 0 Å². The second-order valence-electron chi connectivity index (χ2n) is 11.1. The van der Waals surface area contributed by atoms with Crippen molar-refractivity contribution in [3.8, 4) is 5.75 Å². The van der Waals surface area contributed by atoms with Crippen molar-refractivity contribution >= 4 is 51.9 Å². The summed E-state index contributed by atoms with van der Waals surface area (Å²) in [5.74, 6) is 0.370. The first-order valence-electron chi connectivity index (χ1n) is 11.6. The van der Waals surface area contributed by atoms with E-state index in [1.54, 1.807) is 11.0 Å². The zero-order valence-electron chi connectivity index (χ0n) is 21.2. The van der Waals surface area contributed by atoms with E-state index in [0.717, 1.165) is 28.1 Å². The van der Waals surface area contributed by atoms with Crippen LogP contribution in [0.3, 0.4) is 0 Å². The Morgan fingerprint density at radius 1 is 1.09 bits per heavy atom. The maximum absolute atomic E-state index is 13.1. The van der Waals surface area contributed by atoms with E-state index in [1.807, 2.05) is 19.1 Å². The fourth-order valence-corrected chi connectivity index (χ4v) is 5.02. The van der Waals surface area contributed by atoms with Crippen LogP contribution in [0, 0.1) is 6.92 Å². The van der Waals surface area contributed by atoms with Crippen LogP contribution in [0.5, 0.6) is 5.75 Å². The normalized spacial score (nSPS) is 17.5. The second kappa shape index (κ2) is 9.06. The number of ether oxygens (including phenoxy) is 1. The number of nitrogens with zero attached hydrogens (tertiary/aromatic N) is 2. The highest BCUT2D eigenvalue weighted by molar-refractivity contribution is 8.26. The van der Waals surface area contributed by atoms with Crippen LogP contribution in [0.15, 0.2) is 29.2 Å². The van der Waals surface area contributed by atoms with E-state index >= 15 is 0 Å². The molecule has 0 radical (unpaired) electrons. The minimum absolute atomic E-state index is 0.00978. The molecule has 2 aliphatic heterocycles. The number of carbonyl (C=O) groups is 2. The number of pyridine rings is 1. The van der Waals surface area contributed by atoms with E-state index in [-0.39, 0.29) is 29.3 Å². The summed E-state index contributed by atoms with van der Waals surface area (Å²) in [7, 11) is 0. The highest BCUT2D eigenvalue weighted by atomic mass is 32.2. The van der Waals surface area contributed by atoms with Crippen molar-refractivity contribution in [3.05, 3.63) is 57.2 Å². The topological polar surface area (TPSA) is 71.5 Å². The van der Waals surface area contributed by atoms with E-state index < -0.39 is 0 Å². The fraction of sp³-hybridized carbons (Fsp3) is 0.407. The number of rotatable bonds is 3. The van der Waals surface area contributed by atoms with E-state index in [1.165, 1.54) is 11.8 Å². The van der Waals surface area contributed by atoms with Gasteiger partial charge in [0, 0.05) is 22.2 Å². The smallest absolute Gasteiger partial charge is 0.265 e. The fourth-order valence-electron chi connectivity index (χ4n) is 3.98. The van der Waals surface area contributed by atoms with Crippen molar-refractivity contribution in [3.63, 3.8) is 0 Å². The number of thiocarbonyl (C=S) groups is 1. The molecule has 2 amide bonds. The Morgan fingerprint density at radius 3 is 2.26 bits per heavy atom. The lowest BCUT2D eigenvalue weighted by molar-refractivity contribution is -0.121. The molecule has 2 aliphatic rings. The number of hydrogen-bond donors (Lipinski definition) is 1. The third-order valence-corrected chi connectivity index (χ3v) is 7.07. The summed E-state index contributed by atoms with van der Waals surface area (Å²) in [4.78, 5) is 32.5. The third-order valence-electron chi connectivity index (χ3n) is 5.91. The lowest BCUT2D eigenvalue weighted by Crippen LogP contribution is -2.38. The molecular weight excluding hydrogens is 478 g/mol. The van der Waals surface area contributed by atoms with Crippen LogP contribution in [0.1, 0.15) is 69.6 Å². The first-order chi connectivity index (χ1) is 16.2. The van der Waals surface area contributed by atoms with Crippen molar-refractivity contribution in [2.24, 2.45) is 0 Å². The molecule has 0 unspecified atom stereocenters. The zero-order valence-corrected chi connectivity index (χ0v) is 22.9. The predicted molar refractivity (Wildman–Crippen MR) is 146 cm³/mol. The van der Waals surface area contributed by atoms with Crippen molar-refractivity contribution in [2.45, 2.75) is 65.8 Å². The Labute approximate surface area is 216 Å². The number of thioether (sulfide) groups is 1. The van der Waals surface area contributed by atoms with Gasteiger partial charge in [-0.1, -0.05) is 65.5 Å². The summed E-state index contributed by atoms with van der Waals surface area (Å²) >= 11 is 6.34. The van der Waals surface area contributed by atoms with Gasteiger partial charge in [0.1, 0.15) is 10.1 Å². The summed E-state index contributed by atoms with van der Waals surface area (Å²) in [5.41, 5.74) is 5.18. The average molecular weight is 510 g/mol. The monoisotopic (exact) mass is 509 g/mol. The van der Waals surface area contributed by atoms with Crippen molar-refractivity contribution < 1.29 is 14.3 Å². The van der Waals surface area contributed by atoms with Gasteiger partial charge in [-0.05, 0) is 54.0 Å². The summed E-state index contributed by atoms with van der Waals surface area (Å²) in [6.45, 7) is 15.2. The van der Waals surface area contributed by atoms with Crippen molar-refractivity contribution in [1.82, 2.24) is 10.3 Å². The van der Waals surface area contributed by atoms with Gasteiger partial charge in [-0.25, -0.2) is 0 Å². The van der Waals surface area contributed by atoms with Crippen LogP contribution in [0.2, 0.25) is 0 Å². The van der Waals surface area contributed by atoms with Crippen LogP contribution >= 0.6 is 24.0 Å². The number of benzene rings is 1. The maximum Gasteiger partial charge on any atom is 0.265 e. The van der Waals surface area contributed by atoms with Gasteiger partial charge in [0.15, 0.2) is 6.61 Å². The highest BCUT2D eigenvalue weighted by Gasteiger charge is 2.30. The minimum Gasteiger partial charge on any atom is -0.481 e. The molecule has 1 fully saturated rings. The van der Waals surface area contributed by atoms with Gasteiger partial charge in [0.25, 0.3) is 11.8 Å². The van der Waals surface area contributed by atoms with Crippen LogP contribution in [-0.4, -0.2) is 27.7 Å². The molecule has 0 atom stereocenters. The Morgan fingerprint density at radius 2 is 1.71 bits per heavy atom. The van der Waals surface area contributed by atoms with E-state index in [0.29, 0.717) is 27.2 Å². The standard InChI is InChI=1S/C27H31N3O3S2/c1-15-8-16(10-19-24(32)29-25(34)35-19)9-18-23(15)33-14-22(31)30(18)13-17-11-20(26(2,3)4)28-21(12-17)27(5,6)7/h8-12H,13-14H2,1-7H3,(H,29,32,34)/b19-10+. The number of aromatic nitrogens is 1. The van der Waals surface area contributed by atoms with Gasteiger partial charge in [-0.15, -0.1) is 0 Å². The molecule has 6 nitrogen and oxygen atoms in total. The summed E-state index contributed by atoms with van der Waals surface area (Å²) in [6, 6.07) is 8.04. The number of aryl methyl sites for hydroxylation is 1. The quantitative estimate of drug-likeness (QED) is 0.441. The van der Waals surface area contributed by atoms with E-state index in [9.17, 15) is 9.59 Å². The first kappa shape index (κ1) is 25.4. The Balaban J connectivity index is 1.77. The first-order valence-corrected chi connectivity index (χ1v) is 12.8. The Hall–Kier alpha value is -2.71. The minimum atomic E-state index is -0.208. The molecule has 1 aromatic carbocycles. The van der Waals surface area contributed by atoms with Crippen LogP contribution < -0.4 is 15.0 Å². The zero-order chi connectivity index (χ0) is 25.7. The average Bonchev–Trinajstić information content (AvgIpc) is 3.05. The molecular formula is C27H31N3O3S2. The number of amides is 2. The van der Waals surface area contributed by atoms with Gasteiger partial charge < -0.3 is 15.0 Å². The lowest BCUT2D eigenvalue weighted by atomic mass is 9.86. The second-order valence-corrected chi connectivity index (χ2v) is 12.8. The summed E-state index contributed by atoms with van der Waals surface area (Å²) < 4.78 is 6.27. The molecule has 8 heteroatoms. The van der Waals surface area contributed by atoms with E-state index in [2.05, 4.69) is 59.0 Å². The molecule has 0 aliphatic carbocycles. The van der Waals surface area contributed by atoms with Gasteiger partial charge in [0.2, 0.25) is 0 Å².